The number of β-amino-alcohol motifs (C(OH)–C–C–N with tert-alkyl or cyclic N) is 1. The minimum absolute atomic E-state index is 0.280. The number of fused-ring (bicyclic) bond motifs is 1. The van der Waals surface area contributed by atoms with Crippen molar-refractivity contribution in [1.82, 2.24) is 9.62 Å². The van der Waals surface area contributed by atoms with Crippen LogP contribution in [-0.2, 0) is 11.3 Å². The Morgan fingerprint density at radius 3 is 2.90 bits per heavy atom. The fraction of sp³-hybridized carbons (Fsp3) is 0.364. The van der Waals surface area contributed by atoms with Gasteiger partial charge in [-0.25, -0.2) is 4.79 Å². The molecule has 2 aromatic carbocycles. The molecule has 0 amide bonds. The Morgan fingerprint density at radius 1 is 1.34 bits per heavy atom. The fourth-order valence-corrected chi connectivity index (χ4v) is 4.68. The van der Waals surface area contributed by atoms with Crippen LogP contribution < -0.4 is 4.72 Å². The molecule has 1 fully saturated rings. The summed E-state index contributed by atoms with van der Waals surface area (Å²) in [6.07, 6.45) is 0.419. The van der Waals surface area contributed by atoms with Crippen LogP contribution in [0.15, 0.2) is 41.3 Å². The standard InChI is InChI=1S/C22H23N3O3S/c1-14-18(6-7-19-20(14)13-28-22(19)27)21(26)12-25-9-8-16(11-25)24-29-17-4-2-15(10-23)3-5-17/h2-7,16,21,24,26H,8-9,11-13H2,1H3. The van der Waals surface area contributed by atoms with Gasteiger partial charge in [0.25, 0.3) is 0 Å². The van der Waals surface area contributed by atoms with Gasteiger partial charge in [-0.15, -0.1) is 0 Å². The van der Waals surface area contributed by atoms with Crippen molar-refractivity contribution in [2.24, 2.45) is 0 Å². The number of carbonyl (C=O) groups excluding carboxylic acids is 1. The quantitative estimate of drug-likeness (QED) is 0.560. The zero-order chi connectivity index (χ0) is 20.4. The van der Waals surface area contributed by atoms with Crippen molar-refractivity contribution in [3.63, 3.8) is 0 Å². The highest BCUT2D eigenvalue weighted by atomic mass is 32.2. The average molecular weight is 410 g/mol. The van der Waals surface area contributed by atoms with Gasteiger partial charge in [0.05, 0.1) is 23.3 Å². The maximum atomic E-state index is 11.7. The summed E-state index contributed by atoms with van der Waals surface area (Å²) in [6.45, 7) is 4.60. The van der Waals surface area contributed by atoms with Gasteiger partial charge in [0, 0.05) is 29.6 Å². The van der Waals surface area contributed by atoms with Crippen molar-refractivity contribution >= 4 is 17.9 Å². The number of likely N-dealkylation sites (tertiary alicyclic amines) is 1. The third kappa shape index (κ3) is 4.31. The number of nitriles is 1. The molecule has 2 heterocycles. The molecule has 0 radical (unpaired) electrons. The van der Waals surface area contributed by atoms with Crippen LogP contribution in [0, 0.1) is 18.3 Å². The predicted octanol–water partition coefficient (Wildman–Crippen LogP) is 2.94. The molecule has 7 heteroatoms. The lowest BCUT2D eigenvalue weighted by molar-refractivity contribution is 0.0535. The molecule has 0 saturated carbocycles. The van der Waals surface area contributed by atoms with Crippen molar-refractivity contribution < 1.29 is 14.6 Å². The number of esters is 1. The van der Waals surface area contributed by atoms with E-state index in [1.165, 1.54) is 0 Å². The van der Waals surface area contributed by atoms with E-state index in [9.17, 15) is 9.90 Å². The van der Waals surface area contributed by atoms with Crippen LogP contribution in [0.1, 0.15) is 45.1 Å². The molecule has 0 bridgehead atoms. The number of aliphatic hydroxyl groups excluding tert-OH is 1. The Labute approximate surface area is 174 Å². The Morgan fingerprint density at radius 2 is 2.14 bits per heavy atom. The summed E-state index contributed by atoms with van der Waals surface area (Å²) in [6, 6.07) is 13.6. The van der Waals surface area contributed by atoms with E-state index in [-0.39, 0.29) is 5.97 Å². The summed E-state index contributed by atoms with van der Waals surface area (Å²) in [5.74, 6) is -0.280. The normalized spacial score (nSPS) is 19.6. The minimum atomic E-state index is -0.596. The number of benzene rings is 2. The smallest absolute Gasteiger partial charge is 0.338 e. The van der Waals surface area contributed by atoms with Gasteiger partial charge >= 0.3 is 5.97 Å². The number of rotatable bonds is 6. The first kappa shape index (κ1) is 19.9. The van der Waals surface area contributed by atoms with Gasteiger partial charge in [0.15, 0.2) is 0 Å². The number of hydrogen-bond acceptors (Lipinski definition) is 7. The number of cyclic esters (lactones) is 1. The fourth-order valence-electron chi connectivity index (χ4n) is 3.92. The Hall–Kier alpha value is -2.37. The molecule has 2 unspecified atom stereocenters. The number of ether oxygens (including phenoxy) is 1. The van der Waals surface area contributed by atoms with Crippen LogP contribution in [0.4, 0.5) is 0 Å². The molecule has 150 valence electrons. The van der Waals surface area contributed by atoms with E-state index < -0.39 is 6.10 Å². The van der Waals surface area contributed by atoms with E-state index in [1.54, 1.807) is 18.0 Å². The summed E-state index contributed by atoms with van der Waals surface area (Å²) in [5, 5.41) is 19.7. The van der Waals surface area contributed by atoms with Gasteiger partial charge in [-0.1, -0.05) is 6.07 Å². The molecule has 2 atom stereocenters. The second-order valence-electron chi connectivity index (χ2n) is 7.50. The Balaban J connectivity index is 1.31. The molecule has 0 aromatic heterocycles. The molecule has 2 aromatic rings. The lowest BCUT2D eigenvalue weighted by Crippen LogP contribution is -2.31. The van der Waals surface area contributed by atoms with Crippen molar-refractivity contribution in [2.45, 2.75) is 37.0 Å². The first-order chi connectivity index (χ1) is 14.0. The molecule has 2 aliphatic heterocycles. The molecule has 6 nitrogen and oxygen atoms in total. The van der Waals surface area contributed by atoms with E-state index in [2.05, 4.69) is 15.7 Å². The van der Waals surface area contributed by atoms with Crippen molar-refractivity contribution in [3.8, 4) is 6.07 Å². The van der Waals surface area contributed by atoms with Gasteiger partial charge in [0.1, 0.15) is 6.61 Å². The molecular weight excluding hydrogens is 386 g/mol. The van der Waals surface area contributed by atoms with Gasteiger partial charge < -0.3 is 9.84 Å². The first-order valence-corrected chi connectivity index (χ1v) is 10.5. The molecular formula is C22H23N3O3S. The van der Waals surface area contributed by atoms with E-state index in [0.29, 0.717) is 30.3 Å². The van der Waals surface area contributed by atoms with Crippen molar-refractivity contribution in [1.29, 1.82) is 5.26 Å². The highest BCUT2D eigenvalue weighted by molar-refractivity contribution is 7.97. The molecule has 1 saturated heterocycles. The first-order valence-electron chi connectivity index (χ1n) is 9.67. The topological polar surface area (TPSA) is 85.6 Å². The number of carbonyl (C=O) groups is 1. The summed E-state index contributed by atoms with van der Waals surface area (Å²) < 4.78 is 8.59. The second-order valence-corrected chi connectivity index (χ2v) is 8.41. The summed E-state index contributed by atoms with van der Waals surface area (Å²) in [4.78, 5) is 15.0. The molecule has 2 N–H and O–H groups in total. The average Bonchev–Trinajstić information content (AvgIpc) is 3.34. The number of hydrogen-bond donors (Lipinski definition) is 2. The molecule has 4 rings (SSSR count). The number of nitrogens with one attached hydrogen (secondary N) is 1. The SMILES string of the molecule is Cc1c(C(O)CN2CCC(NSc3ccc(C#N)cc3)C2)ccc2c1COC2=O. The van der Waals surface area contributed by atoms with Gasteiger partial charge in [-0.3, -0.25) is 9.62 Å². The Bertz CT molecular complexity index is 955. The molecule has 2 aliphatic rings. The predicted molar refractivity (Wildman–Crippen MR) is 110 cm³/mol. The molecule has 0 spiro atoms. The highest BCUT2D eigenvalue weighted by Gasteiger charge is 2.28. The maximum Gasteiger partial charge on any atom is 0.338 e. The number of nitrogens with zero attached hydrogens (tertiary/aromatic N) is 2. The van der Waals surface area contributed by atoms with Crippen LogP contribution in [0.5, 0.6) is 0 Å². The van der Waals surface area contributed by atoms with Crippen LogP contribution in [0.25, 0.3) is 0 Å². The van der Waals surface area contributed by atoms with Crippen LogP contribution in [0.2, 0.25) is 0 Å². The lowest BCUT2D eigenvalue weighted by atomic mass is 9.95. The molecule has 0 aliphatic carbocycles. The van der Waals surface area contributed by atoms with Crippen LogP contribution in [0.3, 0.4) is 0 Å². The van der Waals surface area contributed by atoms with Crippen LogP contribution in [-0.4, -0.2) is 41.7 Å². The van der Waals surface area contributed by atoms with Gasteiger partial charge in [-0.05, 0) is 73.3 Å². The third-order valence-corrected chi connectivity index (χ3v) is 6.56. The van der Waals surface area contributed by atoms with Gasteiger partial charge in [-0.2, -0.15) is 5.26 Å². The maximum absolute atomic E-state index is 11.7. The van der Waals surface area contributed by atoms with E-state index in [4.69, 9.17) is 10.00 Å². The highest BCUT2D eigenvalue weighted by Crippen LogP contribution is 2.30. The minimum Gasteiger partial charge on any atom is -0.457 e. The van der Waals surface area contributed by atoms with Gasteiger partial charge in [0.2, 0.25) is 0 Å². The largest absolute Gasteiger partial charge is 0.457 e. The second kappa shape index (κ2) is 8.56. The third-order valence-electron chi connectivity index (χ3n) is 5.60. The summed E-state index contributed by atoms with van der Waals surface area (Å²) >= 11 is 1.58. The Kier molecular flexibility index (Phi) is 5.88. The van der Waals surface area contributed by atoms with Crippen molar-refractivity contribution in [2.75, 3.05) is 19.6 Å². The van der Waals surface area contributed by atoms with E-state index in [1.807, 2.05) is 37.3 Å². The monoisotopic (exact) mass is 409 g/mol. The zero-order valence-corrected chi connectivity index (χ0v) is 17.0. The van der Waals surface area contributed by atoms with Crippen LogP contribution >= 0.6 is 11.9 Å². The van der Waals surface area contributed by atoms with Crippen molar-refractivity contribution in [3.05, 3.63) is 64.2 Å². The van der Waals surface area contributed by atoms with E-state index >= 15 is 0 Å². The zero-order valence-electron chi connectivity index (χ0n) is 16.2. The van der Waals surface area contributed by atoms with E-state index in [0.717, 1.165) is 41.1 Å². The lowest BCUT2D eigenvalue weighted by Gasteiger charge is -2.22. The number of aliphatic hydroxyl groups is 1. The molecule has 29 heavy (non-hydrogen) atoms. The summed E-state index contributed by atoms with van der Waals surface area (Å²) in [7, 11) is 0. The summed E-state index contributed by atoms with van der Waals surface area (Å²) in [5.41, 5.74) is 3.99.